The van der Waals surface area contributed by atoms with E-state index in [-0.39, 0.29) is 5.39 Å². The van der Waals surface area contributed by atoms with Crippen molar-refractivity contribution in [1.29, 1.82) is 0 Å². The van der Waals surface area contributed by atoms with Gasteiger partial charge < -0.3 is 4.98 Å². The summed E-state index contributed by atoms with van der Waals surface area (Å²) in [7, 11) is -3.79. The van der Waals surface area contributed by atoms with Crippen molar-refractivity contribution in [2.45, 2.75) is 26.8 Å². The van der Waals surface area contributed by atoms with Crippen LogP contribution in [0.5, 0.6) is 0 Å². The van der Waals surface area contributed by atoms with E-state index in [0.29, 0.717) is 23.2 Å². The molecule has 10 heteroatoms. The van der Waals surface area contributed by atoms with Gasteiger partial charge in [-0.15, -0.1) is 0 Å². The van der Waals surface area contributed by atoms with E-state index in [1.807, 2.05) is 24.9 Å². The van der Waals surface area contributed by atoms with Crippen LogP contribution in [0.2, 0.25) is 0 Å². The van der Waals surface area contributed by atoms with E-state index in [4.69, 9.17) is 0 Å². The third kappa shape index (κ3) is 3.27. The molecule has 2 heterocycles. The van der Waals surface area contributed by atoms with Crippen molar-refractivity contribution >= 4 is 20.9 Å². The summed E-state index contributed by atoms with van der Waals surface area (Å²) >= 11 is 0. The van der Waals surface area contributed by atoms with Gasteiger partial charge in [0.15, 0.2) is 0 Å². The molecule has 138 valence electrons. The molecular weight excluding hydrogens is 358 g/mol. The van der Waals surface area contributed by atoms with Crippen LogP contribution in [-0.2, 0) is 23.0 Å². The second kappa shape index (κ2) is 6.45. The monoisotopic (exact) mass is 377 g/mol. The van der Waals surface area contributed by atoms with Gasteiger partial charge in [0.05, 0.1) is 23.4 Å². The van der Waals surface area contributed by atoms with Gasteiger partial charge in [0.1, 0.15) is 0 Å². The normalized spacial score (nSPS) is 11.8. The van der Waals surface area contributed by atoms with Gasteiger partial charge in [-0.1, -0.05) is 6.92 Å². The predicted octanol–water partition coefficient (Wildman–Crippen LogP) is 0.639. The summed E-state index contributed by atoms with van der Waals surface area (Å²) in [5, 5.41) is 4.46. The smallest absolute Gasteiger partial charge is 0.305 e. The summed E-state index contributed by atoms with van der Waals surface area (Å²) in [6, 6.07) is 3.39. The first-order valence-corrected chi connectivity index (χ1v) is 9.95. The van der Waals surface area contributed by atoms with Crippen molar-refractivity contribution in [3.05, 3.63) is 50.9 Å². The Hall–Kier alpha value is -2.88. The van der Waals surface area contributed by atoms with Gasteiger partial charge >= 0.3 is 5.69 Å². The van der Waals surface area contributed by atoms with Crippen molar-refractivity contribution in [1.82, 2.24) is 19.4 Å². The predicted molar refractivity (Wildman–Crippen MR) is 99.3 cm³/mol. The number of rotatable bonds is 5. The molecule has 0 saturated carbocycles. The average Bonchev–Trinajstić information content (AvgIpc) is 3.05. The number of nitrogens with one attached hydrogen (secondary N) is 2. The maximum absolute atomic E-state index is 12.7. The summed E-state index contributed by atoms with van der Waals surface area (Å²) in [5.74, 6) is 0. The number of aromatic nitrogens is 4. The Kier molecular flexibility index (Phi) is 4.45. The van der Waals surface area contributed by atoms with Crippen molar-refractivity contribution in [2.24, 2.45) is 0 Å². The van der Waals surface area contributed by atoms with E-state index in [2.05, 4.69) is 10.1 Å². The highest BCUT2D eigenvalue weighted by Gasteiger charge is 2.15. The number of benzene rings is 1. The largest absolute Gasteiger partial charge is 0.348 e. The zero-order valence-electron chi connectivity index (χ0n) is 14.6. The summed E-state index contributed by atoms with van der Waals surface area (Å²) < 4.78 is 25.1. The van der Waals surface area contributed by atoms with Crippen LogP contribution < -0.4 is 16.1 Å². The Labute approximate surface area is 149 Å². The average molecular weight is 377 g/mol. The molecule has 0 saturated heterocycles. The Morgan fingerprint density at radius 1 is 1.23 bits per heavy atom. The van der Waals surface area contributed by atoms with Crippen LogP contribution in [0.1, 0.15) is 19.4 Å². The van der Waals surface area contributed by atoms with E-state index in [0.717, 1.165) is 22.9 Å². The minimum Gasteiger partial charge on any atom is -0.305 e. The van der Waals surface area contributed by atoms with Crippen molar-refractivity contribution in [2.75, 3.05) is 11.1 Å². The first-order chi connectivity index (χ1) is 12.2. The number of hydrogen-bond acceptors (Lipinski definition) is 5. The van der Waals surface area contributed by atoms with Crippen LogP contribution in [0, 0.1) is 0 Å². The summed E-state index contributed by atoms with van der Waals surface area (Å²) in [5.41, 5.74) is 1.38. The number of nitrogens with zero attached hydrogens (tertiary/aromatic N) is 3. The number of aromatic amines is 1. The zero-order valence-corrected chi connectivity index (χ0v) is 15.4. The maximum Gasteiger partial charge on any atom is 0.348 e. The van der Waals surface area contributed by atoms with Crippen molar-refractivity contribution in [3.63, 3.8) is 0 Å². The van der Waals surface area contributed by atoms with Crippen molar-refractivity contribution < 1.29 is 8.42 Å². The lowest BCUT2D eigenvalue weighted by Crippen LogP contribution is -2.43. The topological polar surface area (TPSA) is 119 Å². The highest BCUT2D eigenvalue weighted by Crippen LogP contribution is 2.27. The number of H-pyrrole nitrogens is 1. The fraction of sp³-hybridized carbons (Fsp3) is 0.312. The van der Waals surface area contributed by atoms with Crippen LogP contribution in [0.15, 0.2) is 34.1 Å². The lowest BCUT2D eigenvalue weighted by molar-refractivity contribution is 0.598. The molecule has 2 aromatic heterocycles. The minimum absolute atomic E-state index is 0.206. The van der Waals surface area contributed by atoms with Gasteiger partial charge in [0.2, 0.25) is 10.0 Å². The van der Waals surface area contributed by atoms with Gasteiger partial charge in [0, 0.05) is 18.3 Å². The van der Waals surface area contributed by atoms with E-state index >= 15 is 0 Å². The number of fused-ring (bicyclic) bond motifs is 1. The molecule has 0 aliphatic carbocycles. The molecule has 0 aliphatic rings. The number of hydrogen-bond donors (Lipinski definition) is 2. The Morgan fingerprint density at radius 3 is 2.54 bits per heavy atom. The van der Waals surface area contributed by atoms with E-state index in [9.17, 15) is 18.0 Å². The van der Waals surface area contributed by atoms with Gasteiger partial charge in [0.25, 0.3) is 5.56 Å². The molecular formula is C16H19N5O4S. The zero-order chi connectivity index (χ0) is 19.1. The lowest BCUT2D eigenvalue weighted by atomic mass is 9.98. The molecule has 0 spiro atoms. The van der Waals surface area contributed by atoms with Gasteiger partial charge in [-0.05, 0) is 36.6 Å². The standard InChI is InChI=1S/C16H19N5O4S/c1-4-10-6-14-13(7-12(10)11-8-17-20(5-2)9-11)15(22)21(16(23)18-14)19-26(3,24)25/h6-9,19H,4-5H2,1-3H3,(H,18,23). The van der Waals surface area contributed by atoms with Crippen molar-refractivity contribution in [3.8, 4) is 11.1 Å². The van der Waals surface area contributed by atoms with Crippen LogP contribution in [0.3, 0.4) is 0 Å². The quantitative estimate of drug-likeness (QED) is 0.676. The minimum atomic E-state index is -3.79. The summed E-state index contributed by atoms with van der Waals surface area (Å²) in [4.78, 5) is 29.2. The molecule has 0 radical (unpaired) electrons. The highest BCUT2D eigenvalue weighted by atomic mass is 32.2. The van der Waals surface area contributed by atoms with Crippen LogP contribution in [0.4, 0.5) is 0 Å². The fourth-order valence-electron chi connectivity index (χ4n) is 2.79. The maximum atomic E-state index is 12.7. The highest BCUT2D eigenvalue weighted by molar-refractivity contribution is 7.91. The molecule has 3 aromatic rings. The van der Waals surface area contributed by atoms with E-state index < -0.39 is 21.3 Å². The molecule has 0 fully saturated rings. The van der Waals surface area contributed by atoms with Gasteiger partial charge in [-0.25, -0.2) is 18.0 Å². The Morgan fingerprint density at radius 2 is 1.96 bits per heavy atom. The lowest BCUT2D eigenvalue weighted by Gasteiger charge is -2.11. The number of sulfonamides is 1. The van der Waals surface area contributed by atoms with E-state index in [1.54, 1.807) is 23.0 Å². The number of aryl methyl sites for hydroxylation is 2. The molecule has 9 nitrogen and oxygen atoms in total. The molecule has 0 atom stereocenters. The third-order valence-electron chi connectivity index (χ3n) is 4.03. The first-order valence-electron chi connectivity index (χ1n) is 8.06. The van der Waals surface area contributed by atoms with Crippen LogP contribution in [-0.4, -0.2) is 34.1 Å². The summed E-state index contributed by atoms with van der Waals surface area (Å²) in [6.45, 7) is 4.66. The van der Waals surface area contributed by atoms with Gasteiger partial charge in [-0.3, -0.25) is 9.48 Å². The van der Waals surface area contributed by atoms with Crippen LogP contribution >= 0.6 is 0 Å². The molecule has 1 aromatic carbocycles. The van der Waals surface area contributed by atoms with Gasteiger partial charge in [-0.2, -0.15) is 9.77 Å². The van der Waals surface area contributed by atoms with E-state index in [1.165, 1.54) is 0 Å². The SMILES string of the molecule is CCc1cc2[nH]c(=O)n(NS(C)(=O)=O)c(=O)c2cc1-c1cnn(CC)c1. The first kappa shape index (κ1) is 17.9. The Bertz CT molecular complexity index is 1200. The Balaban J connectivity index is 2.30. The second-order valence-corrected chi connectivity index (χ2v) is 7.65. The molecule has 0 bridgehead atoms. The third-order valence-corrected chi connectivity index (χ3v) is 4.54. The molecule has 3 rings (SSSR count). The molecule has 26 heavy (non-hydrogen) atoms. The molecule has 0 unspecified atom stereocenters. The summed E-state index contributed by atoms with van der Waals surface area (Å²) in [6.07, 6.45) is 5.14. The fourth-order valence-corrected chi connectivity index (χ4v) is 3.29. The molecule has 0 amide bonds. The second-order valence-electron chi connectivity index (χ2n) is 5.93. The van der Waals surface area contributed by atoms with Crippen LogP contribution in [0.25, 0.3) is 22.0 Å². The molecule has 0 aliphatic heterocycles. The molecule has 2 N–H and O–H groups in total.